The molecule has 0 fully saturated rings. The van der Waals surface area contributed by atoms with Crippen LogP contribution >= 0.6 is 0 Å². The Morgan fingerprint density at radius 2 is 1.62 bits per heavy atom. The third kappa shape index (κ3) is 9.12. The normalized spacial score (nSPS) is 15.8. The molecular formula is C23H40N6O5. The molecule has 7 N–H and O–H groups in total. The molecule has 0 aliphatic heterocycles. The summed E-state index contributed by atoms with van der Waals surface area (Å²) in [6.45, 7) is 10.9. The lowest BCUT2D eigenvalue weighted by Gasteiger charge is -2.28. The molecule has 0 radical (unpaired) electrons. The molecule has 34 heavy (non-hydrogen) atoms. The maximum absolute atomic E-state index is 13.1. The predicted octanol–water partition coefficient (Wildman–Crippen LogP) is 0.567. The fourth-order valence-electron chi connectivity index (χ4n) is 3.42. The van der Waals surface area contributed by atoms with Gasteiger partial charge in [-0.2, -0.15) is 0 Å². The van der Waals surface area contributed by atoms with Crippen LogP contribution < -0.4 is 21.7 Å². The first-order chi connectivity index (χ1) is 15.9. The van der Waals surface area contributed by atoms with Crippen molar-refractivity contribution in [2.24, 2.45) is 23.5 Å². The van der Waals surface area contributed by atoms with Crippen LogP contribution in [0.15, 0.2) is 12.5 Å². The molecule has 5 atom stereocenters. The summed E-state index contributed by atoms with van der Waals surface area (Å²) in [5.74, 6) is -3.26. The minimum atomic E-state index is -1.13. The van der Waals surface area contributed by atoms with Gasteiger partial charge in [-0.25, -0.2) is 9.78 Å². The number of aromatic nitrogens is 2. The van der Waals surface area contributed by atoms with Crippen molar-refractivity contribution in [3.05, 3.63) is 18.2 Å². The second-order valence-electron chi connectivity index (χ2n) is 9.52. The zero-order valence-electron chi connectivity index (χ0n) is 20.9. The van der Waals surface area contributed by atoms with Crippen molar-refractivity contribution < 1.29 is 24.3 Å². The maximum atomic E-state index is 13.1. The highest BCUT2D eigenvalue weighted by molar-refractivity contribution is 5.94. The van der Waals surface area contributed by atoms with Gasteiger partial charge in [-0.3, -0.25) is 14.4 Å². The zero-order chi connectivity index (χ0) is 26.0. The van der Waals surface area contributed by atoms with Crippen LogP contribution in [-0.2, 0) is 25.6 Å². The molecule has 0 bridgehead atoms. The van der Waals surface area contributed by atoms with Gasteiger partial charge in [-0.1, -0.05) is 48.0 Å². The standard InChI is InChI=1S/C23H40N6O5/c1-7-14(6)19(23(33)34)29-22(32)18(13(4)5)28-21(31)17(8-12(2)3)27-20(30)16(24)9-15-10-25-11-26-15/h10-14,16-19H,7-9,24H2,1-6H3,(H,25,26)(H,27,30)(H,28,31)(H,29,32)(H,33,34). The average Bonchev–Trinajstić information content (AvgIpc) is 3.26. The van der Waals surface area contributed by atoms with Gasteiger partial charge in [0.1, 0.15) is 18.1 Å². The minimum Gasteiger partial charge on any atom is -0.480 e. The first-order valence-corrected chi connectivity index (χ1v) is 11.7. The first kappa shape index (κ1) is 29.1. The van der Waals surface area contributed by atoms with Gasteiger partial charge in [0.05, 0.1) is 12.4 Å². The number of nitrogens with two attached hydrogens (primary N) is 1. The first-order valence-electron chi connectivity index (χ1n) is 11.7. The number of nitrogens with zero attached hydrogens (tertiary/aromatic N) is 1. The highest BCUT2D eigenvalue weighted by Gasteiger charge is 2.33. The van der Waals surface area contributed by atoms with Crippen molar-refractivity contribution in [2.75, 3.05) is 0 Å². The number of carboxylic acid groups (broad SMARTS) is 1. The van der Waals surface area contributed by atoms with Crippen molar-refractivity contribution in [3.8, 4) is 0 Å². The van der Waals surface area contributed by atoms with E-state index < -0.39 is 47.9 Å². The van der Waals surface area contributed by atoms with E-state index in [2.05, 4.69) is 25.9 Å². The van der Waals surface area contributed by atoms with Gasteiger partial charge in [0.25, 0.3) is 0 Å². The Morgan fingerprint density at radius 1 is 1.00 bits per heavy atom. The smallest absolute Gasteiger partial charge is 0.326 e. The molecule has 0 spiro atoms. The van der Waals surface area contributed by atoms with E-state index in [1.54, 1.807) is 27.0 Å². The van der Waals surface area contributed by atoms with E-state index in [4.69, 9.17) is 5.73 Å². The third-order valence-electron chi connectivity index (χ3n) is 5.70. The second-order valence-corrected chi connectivity index (χ2v) is 9.52. The van der Waals surface area contributed by atoms with Gasteiger partial charge in [-0.05, 0) is 24.2 Å². The van der Waals surface area contributed by atoms with Crippen LogP contribution in [0.4, 0.5) is 0 Å². The summed E-state index contributed by atoms with van der Waals surface area (Å²) in [7, 11) is 0. The number of hydrogen-bond acceptors (Lipinski definition) is 6. The molecule has 0 aliphatic rings. The lowest BCUT2D eigenvalue weighted by atomic mass is 9.96. The van der Waals surface area contributed by atoms with Crippen LogP contribution in [0.25, 0.3) is 0 Å². The number of rotatable bonds is 14. The van der Waals surface area contributed by atoms with Crippen molar-refractivity contribution in [1.29, 1.82) is 0 Å². The number of aliphatic carboxylic acids is 1. The Hall–Kier alpha value is -2.95. The van der Waals surface area contributed by atoms with Crippen molar-refractivity contribution in [3.63, 3.8) is 0 Å². The number of H-pyrrole nitrogens is 1. The van der Waals surface area contributed by atoms with Crippen LogP contribution in [0.5, 0.6) is 0 Å². The lowest BCUT2D eigenvalue weighted by molar-refractivity contribution is -0.144. The Morgan fingerprint density at radius 3 is 2.09 bits per heavy atom. The van der Waals surface area contributed by atoms with Crippen molar-refractivity contribution in [2.45, 2.75) is 85.0 Å². The molecule has 1 aromatic heterocycles. The largest absolute Gasteiger partial charge is 0.480 e. The quantitative estimate of drug-likeness (QED) is 0.225. The van der Waals surface area contributed by atoms with Crippen LogP contribution in [0.2, 0.25) is 0 Å². The van der Waals surface area contributed by atoms with Gasteiger partial charge < -0.3 is 31.8 Å². The number of aromatic amines is 1. The van der Waals surface area contributed by atoms with E-state index in [0.29, 0.717) is 18.5 Å². The highest BCUT2D eigenvalue weighted by Crippen LogP contribution is 2.12. The molecule has 0 saturated heterocycles. The number of amides is 3. The Labute approximate surface area is 201 Å². The monoisotopic (exact) mass is 480 g/mol. The number of carboxylic acids is 1. The Bertz CT molecular complexity index is 811. The van der Waals surface area contributed by atoms with Gasteiger partial charge in [0.2, 0.25) is 17.7 Å². The van der Waals surface area contributed by atoms with E-state index >= 15 is 0 Å². The maximum Gasteiger partial charge on any atom is 0.326 e. The summed E-state index contributed by atoms with van der Waals surface area (Å²) in [4.78, 5) is 57.0. The molecule has 1 heterocycles. The minimum absolute atomic E-state index is 0.0769. The number of carbonyl (C=O) groups is 4. The molecule has 3 amide bonds. The number of nitrogens with one attached hydrogen (secondary N) is 4. The van der Waals surface area contributed by atoms with Crippen LogP contribution in [0.1, 0.15) is 60.1 Å². The number of carbonyl (C=O) groups excluding carboxylic acids is 3. The molecular weight excluding hydrogens is 440 g/mol. The van der Waals surface area contributed by atoms with E-state index in [1.165, 1.54) is 6.33 Å². The third-order valence-corrected chi connectivity index (χ3v) is 5.70. The fraction of sp³-hybridized carbons (Fsp3) is 0.696. The zero-order valence-corrected chi connectivity index (χ0v) is 20.9. The van der Waals surface area contributed by atoms with Gasteiger partial charge in [0.15, 0.2) is 0 Å². The predicted molar refractivity (Wildman–Crippen MR) is 127 cm³/mol. The van der Waals surface area contributed by atoms with Crippen LogP contribution in [0.3, 0.4) is 0 Å². The average molecular weight is 481 g/mol. The number of imidazole rings is 1. The molecule has 1 rings (SSSR count). The van der Waals surface area contributed by atoms with Crippen molar-refractivity contribution in [1.82, 2.24) is 25.9 Å². The summed E-state index contributed by atoms with van der Waals surface area (Å²) in [5, 5.41) is 17.4. The summed E-state index contributed by atoms with van der Waals surface area (Å²) >= 11 is 0. The summed E-state index contributed by atoms with van der Waals surface area (Å²) < 4.78 is 0. The molecule has 0 aromatic carbocycles. The van der Waals surface area contributed by atoms with E-state index in [-0.39, 0.29) is 24.2 Å². The Balaban J connectivity index is 2.93. The molecule has 5 unspecified atom stereocenters. The number of hydrogen-bond donors (Lipinski definition) is 6. The Kier molecular flexibility index (Phi) is 11.7. The van der Waals surface area contributed by atoms with Crippen molar-refractivity contribution >= 4 is 23.7 Å². The fourth-order valence-corrected chi connectivity index (χ4v) is 3.42. The summed E-state index contributed by atoms with van der Waals surface area (Å²) in [6.07, 6.45) is 4.19. The van der Waals surface area contributed by atoms with E-state index in [9.17, 15) is 24.3 Å². The van der Waals surface area contributed by atoms with E-state index in [0.717, 1.165) is 0 Å². The molecule has 192 valence electrons. The van der Waals surface area contributed by atoms with Gasteiger partial charge in [0, 0.05) is 18.3 Å². The highest BCUT2D eigenvalue weighted by atomic mass is 16.4. The second kappa shape index (κ2) is 13.7. The van der Waals surface area contributed by atoms with Crippen LogP contribution in [0, 0.1) is 17.8 Å². The topological polar surface area (TPSA) is 179 Å². The lowest BCUT2D eigenvalue weighted by Crippen LogP contribution is -2.59. The molecule has 0 saturated carbocycles. The van der Waals surface area contributed by atoms with Gasteiger partial charge >= 0.3 is 5.97 Å². The summed E-state index contributed by atoms with van der Waals surface area (Å²) in [6, 6.07) is -3.83. The molecule has 11 heteroatoms. The molecule has 1 aromatic rings. The summed E-state index contributed by atoms with van der Waals surface area (Å²) in [5.41, 5.74) is 6.69. The van der Waals surface area contributed by atoms with Gasteiger partial charge in [-0.15, -0.1) is 0 Å². The van der Waals surface area contributed by atoms with E-state index in [1.807, 2.05) is 20.8 Å². The SMILES string of the molecule is CCC(C)C(NC(=O)C(NC(=O)C(CC(C)C)NC(=O)C(N)Cc1cnc[nH]1)C(C)C)C(=O)O. The van der Waals surface area contributed by atoms with Crippen LogP contribution in [-0.4, -0.2) is 62.9 Å². The molecule has 11 nitrogen and oxygen atoms in total. The molecule has 0 aliphatic carbocycles.